The van der Waals surface area contributed by atoms with Crippen LogP contribution < -0.4 is 5.32 Å². The Morgan fingerprint density at radius 2 is 1.83 bits per heavy atom. The summed E-state index contributed by atoms with van der Waals surface area (Å²) in [5, 5.41) is 13.1. The van der Waals surface area contributed by atoms with E-state index in [0.717, 1.165) is 31.2 Å². The van der Waals surface area contributed by atoms with Crippen LogP contribution in [0.1, 0.15) is 37.7 Å². The van der Waals surface area contributed by atoms with E-state index in [4.69, 9.17) is 0 Å². The molecule has 3 nitrogen and oxygen atoms in total. The molecule has 1 aliphatic carbocycles. The lowest BCUT2D eigenvalue weighted by molar-refractivity contribution is -0.122. The highest BCUT2D eigenvalue weighted by atomic mass is 16.3. The molecular formula is C15H21NO2. The minimum atomic E-state index is -0.676. The lowest BCUT2D eigenvalue weighted by Crippen LogP contribution is -2.44. The molecule has 0 atom stereocenters. The van der Waals surface area contributed by atoms with Crippen LogP contribution in [-0.4, -0.2) is 23.2 Å². The standard InChI is InChI=1S/C15H21NO2/c17-14(11-13-7-3-1-4-8-13)16-12-15(18)9-5-2-6-10-15/h1,3-4,7-8,18H,2,5-6,9-12H2,(H,16,17). The van der Waals surface area contributed by atoms with Crippen molar-refractivity contribution in [2.75, 3.05) is 6.54 Å². The van der Waals surface area contributed by atoms with E-state index in [-0.39, 0.29) is 5.91 Å². The van der Waals surface area contributed by atoms with Crippen molar-refractivity contribution >= 4 is 5.91 Å². The lowest BCUT2D eigenvalue weighted by Gasteiger charge is -2.32. The van der Waals surface area contributed by atoms with Gasteiger partial charge >= 0.3 is 0 Å². The zero-order valence-electron chi connectivity index (χ0n) is 10.7. The molecule has 0 radical (unpaired) electrons. The van der Waals surface area contributed by atoms with Crippen LogP contribution in [-0.2, 0) is 11.2 Å². The van der Waals surface area contributed by atoms with Crippen LogP contribution in [0, 0.1) is 0 Å². The molecule has 0 aromatic heterocycles. The molecule has 98 valence electrons. The topological polar surface area (TPSA) is 49.3 Å². The molecule has 0 aliphatic heterocycles. The number of carbonyl (C=O) groups is 1. The van der Waals surface area contributed by atoms with Gasteiger partial charge in [-0.05, 0) is 18.4 Å². The van der Waals surface area contributed by atoms with E-state index >= 15 is 0 Å². The van der Waals surface area contributed by atoms with E-state index < -0.39 is 5.60 Å². The number of nitrogens with one attached hydrogen (secondary N) is 1. The van der Waals surface area contributed by atoms with Gasteiger partial charge in [-0.3, -0.25) is 4.79 Å². The second-order valence-electron chi connectivity index (χ2n) is 5.22. The van der Waals surface area contributed by atoms with Gasteiger partial charge in [-0.2, -0.15) is 0 Å². The number of carbonyl (C=O) groups excluding carboxylic acids is 1. The first-order chi connectivity index (χ1) is 8.68. The molecule has 2 rings (SSSR count). The molecule has 0 spiro atoms. The summed E-state index contributed by atoms with van der Waals surface area (Å²) >= 11 is 0. The Morgan fingerprint density at radius 3 is 2.50 bits per heavy atom. The SMILES string of the molecule is O=C(Cc1ccccc1)NCC1(O)CCCCC1. The van der Waals surface area contributed by atoms with Gasteiger partial charge in [-0.25, -0.2) is 0 Å². The highest BCUT2D eigenvalue weighted by Crippen LogP contribution is 2.27. The van der Waals surface area contributed by atoms with Crippen molar-refractivity contribution in [2.24, 2.45) is 0 Å². The summed E-state index contributed by atoms with van der Waals surface area (Å²) in [6.07, 6.45) is 5.31. The van der Waals surface area contributed by atoms with Crippen molar-refractivity contribution in [3.05, 3.63) is 35.9 Å². The maximum Gasteiger partial charge on any atom is 0.224 e. The van der Waals surface area contributed by atoms with Crippen LogP contribution in [0.5, 0.6) is 0 Å². The van der Waals surface area contributed by atoms with E-state index in [2.05, 4.69) is 5.32 Å². The fourth-order valence-electron chi connectivity index (χ4n) is 2.49. The molecule has 2 N–H and O–H groups in total. The van der Waals surface area contributed by atoms with Crippen molar-refractivity contribution in [3.8, 4) is 0 Å². The first-order valence-electron chi connectivity index (χ1n) is 6.71. The quantitative estimate of drug-likeness (QED) is 0.855. The number of benzene rings is 1. The Morgan fingerprint density at radius 1 is 1.17 bits per heavy atom. The summed E-state index contributed by atoms with van der Waals surface area (Å²) in [7, 11) is 0. The molecule has 0 saturated heterocycles. The number of rotatable bonds is 4. The van der Waals surface area contributed by atoms with Crippen LogP contribution in [0.25, 0.3) is 0 Å². The van der Waals surface area contributed by atoms with Crippen molar-refractivity contribution in [2.45, 2.75) is 44.1 Å². The number of aliphatic hydroxyl groups is 1. The zero-order chi connectivity index (χ0) is 12.8. The first-order valence-corrected chi connectivity index (χ1v) is 6.71. The van der Waals surface area contributed by atoms with Crippen molar-refractivity contribution in [3.63, 3.8) is 0 Å². The van der Waals surface area contributed by atoms with Crippen molar-refractivity contribution in [1.82, 2.24) is 5.32 Å². The van der Waals surface area contributed by atoms with Crippen LogP contribution in [0.2, 0.25) is 0 Å². The third-order valence-electron chi connectivity index (χ3n) is 3.61. The first kappa shape index (κ1) is 13.1. The van der Waals surface area contributed by atoms with Gasteiger partial charge < -0.3 is 10.4 Å². The summed E-state index contributed by atoms with van der Waals surface area (Å²) in [4.78, 5) is 11.8. The lowest BCUT2D eigenvalue weighted by atomic mass is 9.85. The van der Waals surface area contributed by atoms with Gasteiger partial charge in [0.15, 0.2) is 0 Å². The van der Waals surface area contributed by atoms with Crippen LogP contribution >= 0.6 is 0 Å². The summed E-state index contributed by atoms with van der Waals surface area (Å²) in [6.45, 7) is 0.388. The van der Waals surface area contributed by atoms with Gasteiger partial charge in [0.2, 0.25) is 5.91 Å². The second kappa shape index (κ2) is 6.01. The van der Waals surface area contributed by atoms with Gasteiger partial charge in [0.1, 0.15) is 0 Å². The minimum Gasteiger partial charge on any atom is -0.388 e. The molecule has 1 amide bonds. The number of hydrogen-bond donors (Lipinski definition) is 2. The molecule has 1 fully saturated rings. The maximum atomic E-state index is 11.8. The highest BCUT2D eigenvalue weighted by molar-refractivity contribution is 5.78. The Balaban J connectivity index is 1.78. The average molecular weight is 247 g/mol. The molecule has 0 heterocycles. The predicted molar refractivity (Wildman–Crippen MR) is 71.2 cm³/mol. The fourth-order valence-corrected chi connectivity index (χ4v) is 2.49. The average Bonchev–Trinajstić information content (AvgIpc) is 2.39. The third-order valence-corrected chi connectivity index (χ3v) is 3.61. The molecular weight excluding hydrogens is 226 g/mol. The third kappa shape index (κ3) is 3.84. The molecule has 0 bridgehead atoms. The van der Waals surface area contributed by atoms with E-state index in [1.54, 1.807) is 0 Å². The Bertz CT molecular complexity index is 383. The highest BCUT2D eigenvalue weighted by Gasteiger charge is 2.29. The van der Waals surface area contributed by atoms with Gasteiger partial charge in [-0.15, -0.1) is 0 Å². The molecule has 3 heteroatoms. The molecule has 0 unspecified atom stereocenters. The van der Waals surface area contributed by atoms with Gasteiger partial charge in [0.05, 0.1) is 12.0 Å². The van der Waals surface area contributed by atoms with Crippen molar-refractivity contribution < 1.29 is 9.90 Å². The summed E-state index contributed by atoms with van der Waals surface area (Å²) in [6, 6.07) is 9.67. The van der Waals surface area contributed by atoms with Gasteiger partial charge in [0.25, 0.3) is 0 Å². The number of hydrogen-bond acceptors (Lipinski definition) is 2. The molecule has 18 heavy (non-hydrogen) atoms. The van der Waals surface area contributed by atoms with E-state index in [1.807, 2.05) is 30.3 Å². The number of amides is 1. The van der Waals surface area contributed by atoms with E-state index in [9.17, 15) is 9.90 Å². The van der Waals surface area contributed by atoms with E-state index in [1.165, 1.54) is 6.42 Å². The van der Waals surface area contributed by atoms with Crippen LogP contribution in [0.3, 0.4) is 0 Å². The molecule has 1 aromatic carbocycles. The minimum absolute atomic E-state index is 0.0137. The Hall–Kier alpha value is -1.35. The summed E-state index contributed by atoms with van der Waals surface area (Å²) in [5.41, 5.74) is 0.329. The van der Waals surface area contributed by atoms with Gasteiger partial charge in [-0.1, -0.05) is 49.6 Å². The largest absolute Gasteiger partial charge is 0.388 e. The summed E-state index contributed by atoms with van der Waals surface area (Å²) in [5.74, 6) is -0.0137. The Labute approximate surface area is 108 Å². The summed E-state index contributed by atoms with van der Waals surface area (Å²) < 4.78 is 0. The normalized spacial score (nSPS) is 18.3. The monoisotopic (exact) mass is 247 g/mol. The zero-order valence-corrected chi connectivity index (χ0v) is 10.7. The second-order valence-corrected chi connectivity index (χ2v) is 5.22. The van der Waals surface area contributed by atoms with Crippen LogP contribution in [0.4, 0.5) is 0 Å². The molecule has 1 aromatic rings. The predicted octanol–water partition coefficient (Wildman–Crippen LogP) is 2.04. The fraction of sp³-hybridized carbons (Fsp3) is 0.533. The van der Waals surface area contributed by atoms with E-state index in [0.29, 0.717) is 13.0 Å². The Kier molecular flexibility index (Phi) is 4.37. The van der Waals surface area contributed by atoms with Crippen molar-refractivity contribution in [1.29, 1.82) is 0 Å². The molecule has 1 saturated carbocycles. The maximum absolute atomic E-state index is 11.8. The molecule has 1 aliphatic rings. The smallest absolute Gasteiger partial charge is 0.224 e. The van der Waals surface area contributed by atoms with Gasteiger partial charge in [0, 0.05) is 6.54 Å². The van der Waals surface area contributed by atoms with Crippen LogP contribution in [0.15, 0.2) is 30.3 Å².